The van der Waals surface area contributed by atoms with E-state index in [1.165, 1.54) is 0 Å². The molecule has 1 aliphatic heterocycles. The van der Waals surface area contributed by atoms with Gasteiger partial charge in [-0.1, -0.05) is 0 Å². The molecule has 0 aromatic heterocycles. The summed E-state index contributed by atoms with van der Waals surface area (Å²) in [6, 6.07) is 1.15. The van der Waals surface area contributed by atoms with Gasteiger partial charge in [-0.25, -0.2) is 0 Å². The molecule has 0 bridgehead atoms. The lowest BCUT2D eigenvalue weighted by atomic mass is 10.0. The number of carbonyl (C=O) groups excluding carboxylic acids is 1. The van der Waals surface area contributed by atoms with E-state index in [1.54, 1.807) is 0 Å². The van der Waals surface area contributed by atoms with Crippen LogP contribution in [-0.2, 0) is 4.79 Å². The van der Waals surface area contributed by atoms with Crippen LogP contribution in [0.1, 0.15) is 46.5 Å². The molecule has 1 saturated heterocycles. The normalized spacial score (nSPS) is 20.1. The molecule has 1 rings (SSSR count). The van der Waals surface area contributed by atoms with Gasteiger partial charge in [-0.3, -0.25) is 4.79 Å². The van der Waals surface area contributed by atoms with Gasteiger partial charge in [0.2, 0.25) is 5.91 Å². The maximum absolute atomic E-state index is 12.0. The molecule has 106 valence electrons. The number of amides is 1. The van der Waals surface area contributed by atoms with E-state index in [0.717, 1.165) is 32.4 Å². The van der Waals surface area contributed by atoms with Crippen LogP contribution in [0.3, 0.4) is 0 Å². The molecule has 4 heteroatoms. The van der Waals surface area contributed by atoms with Crippen LogP contribution in [0.5, 0.6) is 0 Å². The highest BCUT2D eigenvalue weighted by Crippen LogP contribution is 2.18. The predicted octanol–water partition coefficient (Wildman–Crippen LogP) is 1.45. The lowest BCUT2D eigenvalue weighted by molar-refractivity contribution is -0.133. The summed E-state index contributed by atoms with van der Waals surface area (Å²) in [7, 11) is 1.94. The van der Waals surface area contributed by atoms with E-state index >= 15 is 0 Å². The molecule has 1 aliphatic rings. The summed E-state index contributed by atoms with van der Waals surface area (Å²) in [5.41, 5.74) is 5.69. The lowest BCUT2D eigenvalue weighted by Gasteiger charge is -2.38. The van der Waals surface area contributed by atoms with E-state index in [0.29, 0.717) is 18.5 Å². The zero-order valence-corrected chi connectivity index (χ0v) is 12.4. The molecular formula is C14H29N3O. The maximum Gasteiger partial charge on any atom is 0.222 e. The first-order valence-corrected chi connectivity index (χ1v) is 7.17. The highest BCUT2D eigenvalue weighted by Gasteiger charge is 2.25. The summed E-state index contributed by atoms with van der Waals surface area (Å²) in [4.78, 5) is 16.4. The van der Waals surface area contributed by atoms with Gasteiger partial charge in [-0.05, 0) is 40.0 Å². The second-order valence-corrected chi connectivity index (χ2v) is 5.88. The quantitative estimate of drug-likeness (QED) is 0.809. The third kappa shape index (κ3) is 4.58. The van der Waals surface area contributed by atoms with Crippen molar-refractivity contribution in [3.8, 4) is 0 Å². The number of likely N-dealkylation sites (tertiary alicyclic amines) is 1. The van der Waals surface area contributed by atoms with Crippen LogP contribution >= 0.6 is 0 Å². The molecular weight excluding hydrogens is 226 g/mol. The third-order valence-electron chi connectivity index (χ3n) is 3.98. The van der Waals surface area contributed by atoms with Crippen molar-refractivity contribution in [2.45, 2.75) is 64.6 Å². The molecule has 0 aromatic rings. The summed E-state index contributed by atoms with van der Waals surface area (Å²) in [5, 5.41) is 0. The van der Waals surface area contributed by atoms with Crippen LogP contribution in [-0.4, -0.2) is 54.0 Å². The Morgan fingerprint density at radius 1 is 1.33 bits per heavy atom. The molecule has 1 fully saturated rings. The Hall–Kier alpha value is -0.610. The molecule has 1 amide bonds. The number of hydrogen-bond acceptors (Lipinski definition) is 3. The monoisotopic (exact) mass is 255 g/mol. The van der Waals surface area contributed by atoms with Crippen molar-refractivity contribution >= 4 is 5.91 Å². The largest absolute Gasteiger partial charge is 0.343 e. The van der Waals surface area contributed by atoms with Crippen molar-refractivity contribution in [2.75, 3.05) is 20.1 Å². The van der Waals surface area contributed by atoms with Gasteiger partial charge in [0, 0.05) is 44.7 Å². The first kappa shape index (κ1) is 15.4. The van der Waals surface area contributed by atoms with Crippen LogP contribution in [0.15, 0.2) is 0 Å². The average Bonchev–Trinajstić information content (AvgIpc) is 2.35. The molecule has 18 heavy (non-hydrogen) atoms. The fraction of sp³-hybridized carbons (Fsp3) is 0.929. The molecule has 1 atom stereocenters. The van der Waals surface area contributed by atoms with Gasteiger partial charge in [-0.2, -0.15) is 0 Å². The number of nitrogens with two attached hydrogens (primary N) is 1. The summed E-state index contributed by atoms with van der Waals surface area (Å²) >= 11 is 0. The SMILES string of the molecule is CC(N)CCC(=O)N(C)C1CCN(C(C)C)CC1. The minimum Gasteiger partial charge on any atom is -0.343 e. The maximum atomic E-state index is 12.0. The second-order valence-electron chi connectivity index (χ2n) is 5.88. The van der Waals surface area contributed by atoms with E-state index in [9.17, 15) is 4.79 Å². The van der Waals surface area contributed by atoms with Gasteiger partial charge in [0.1, 0.15) is 0 Å². The minimum absolute atomic E-state index is 0.116. The van der Waals surface area contributed by atoms with E-state index in [4.69, 9.17) is 5.73 Å². The Kier molecular flexibility index (Phi) is 6.09. The van der Waals surface area contributed by atoms with E-state index in [1.807, 2.05) is 18.9 Å². The van der Waals surface area contributed by atoms with Crippen molar-refractivity contribution in [1.29, 1.82) is 0 Å². The first-order chi connectivity index (χ1) is 8.41. The second kappa shape index (κ2) is 7.10. The third-order valence-corrected chi connectivity index (χ3v) is 3.98. The van der Waals surface area contributed by atoms with Crippen LogP contribution in [0, 0.1) is 0 Å². The highest BCUT2D eigenvalue weighted by atomic mass is 16.2. The van der Waals surface area contributed by atoms with Gasteiger partial charge in [0.05, 0.1) is 0 Å². The highest BCUT2D eigenvalue weighted by molar-refractivity contribution is 5.76. The van der Waals surface area contributed by atoms with Crippen molar-refractivity contribution < 1.29 is 4.79 Å². The van der Waals surface area contributed by atoms with Gasteiger partial charge >= 0.3 is 0 Å². The van der Waals surface area contributed by atoms with E-state index in [2.05, 4.69) is 18.7 Å². The van der Waals surface area contributed by atoms with Crippen molar-refractivity contribution in [3.63, 3.8) is 0 Å². The summed E-state index contributed by atoms with van der Waals surface area (Å²) < 4.78 is 0. The first-order valence-electron chi connectivity index (χ1n) is 7.17. The molecule has 0 aromatic carbocycles. The molecule has 4 nitrogen and oxygen atoms in total. The summed E-state index contributed by atoms with van der Waals surface area (Å²) in [6.07, 6.45) is 3.56. The molecule has 2 N–H and O–H groups in total. The molecule has 1 heterocycles. The van der Waals surface area contributed by atoms with E-state index < -0.39 is 0 Å². The van der Waals surface area contributed by atoms with Crippen LogP contribution < -0.4 is 5.73 Å². The summed E-state index contributed by atoms with van der Waals surface area (Å²) in [6.45, 7) is 8.63. The number of nitrogens with zero attached hydrogens (tertiary/aromatic N) is 2. The standard InChI is InChI=1S/C14H29N3O/c1-11(2)17-9-7-13(8-10-17)16(4)14(18)6-5-12(3)15/h11-13H,5-10,15H2,1-4H3. The molecule has 1 unspecified atom stereocenters. The zero-order valence-electron chi connectivity index (χ0n) is 12.4. The Bertz CT molecular complexity index is 258. The Labute approximate surface area is 111 Å². The lowest BCUT2D eigenvalue weighted by Crippen LogP contribution is -2.47. The minimum atomic E-state index is 0.116. The van der Waals surface area contributed by atoms with Crippen molar-refractivity contribution in [1.82, 2.24) is 9.80 Å². The smallest absolute Gasteiger partial charge is 0.222 e. The molecule has 0 saturated carbocycles. The summed E-state index contributed by atoms with van der Waals surface area (Å²) in [5.74, 6) is 0.246. The fourth-order valence-corrected chi connectivity index (χ4v) is 2.52. The Morgan fingerprint density at radius 3 is 2.33 bits per heavy atom. The van der Waals surface area contributed by atoms with Gasteiger partial charge in [0.15, 0.2) is 0 Å². The van der Waals surface area contributed by atoms with Crippen molar-refractivity contribution in [2.24, 2.45) is 5.73 Å². The molecule has 0 aliphatic carbocycles. The Morgan fingerprint density at radius 2 is 1.89 bits per heavy atom. The topological polar surface area (TPSA) is 49.6 Å². The number of piperidine rings is 1. The van der Waals surface area contributed by atoms with Crippen LogP contribution in [0.2, 0.25) is 0 Å². The van der Waals surface area contributed by atoms with E-state index in [-0.39, 0.29) is 11.9 Å². The zero-order chi connectivity index (χ0) is 13.7. The van der Waals surface area contributed by atoms with Gasteiger partial charge in [0.25, 0.3) is 0 Å². The van der Waals surface area contributed by atoms with Crippen LogP contribution in [0.4, 0.5) is 0 Å². The number of hydrogen-bond donors (Lipinski definition) is 1. The number of carbonyl (C=O) groups is 1. The van der Waals surface area contributed by atoms with Gasteiger partial charge < -0.3 is 15.5 Å². The fourth-order valence-electron chi connectivity index (χ4n) is 2.52. The Balaban J connectivity index is 2.35. The molecule has 0 radical (unpaired) electrons. The molecule has 0 spiro atoms. The number of rotatable bonds is 5. The van der Waals surface area contributed by atoms with Gasteiger partial charge in [-0.15, -0.1) is 0 Å². The predicted molar refractivity (Wildman–Crippen MR) is 75.4 cm³/mol. The van der Waals surface area contributed by atoms with Crippen LogP contribution in [0.25, 0.3) is 0 Å². The van der Waals surface area contributed by atoms with Crippen molar-refractivity contribution in [3.05, 3.63) is 0 Å². The average molecular weight is 255 g/mol.